The average Bonchev–Trinajstić information content (AvgIpc) is 2.66. The summed E-state index contributed by atoms with van der Waals surface area (Å²) in [6.07, 6.45) is -0.163. The summed E-state index contributed by atoms with van der Waals surface area (Å²) >= 11 is 12.1. The Balaban J connectivity index is 1.93. The molecule has 1 amide bonds. The minimum absolute atomic E-state index is 0.163. The molecular weight excluding hydrogens is 388 g/mol. The molecule has 0 aromatic heterocycles. The summed E-state index contributed by atoms with van der Waals surface area (Å²) in [6, 6.07) is 22.9. The molecule has 0 aliphatic carbocycles. The molecule has 0 spiro atoms. The van der Waals surface area contributed by atoms with E-state index in [1.807, 2.05) is 36.4 Å². The van der Waals surface area contributed by atoms with Gasteiger partial charge < -0.3 is 9.88 Å². The minimum Gasteiger partial charge on any atom is -0.324 e. The van der Waals surface area contributed by atoms with E-state index in [1.165, 1.54) is 0 Å². The topological polar surface area (TPSA) is 46.2 Å². The summed E-state index contributed by atoms with van der Waals surface area (Å²) < 4.78 is 13.8. The van der Waals surface area contributed by atoms with Crippen LogP contribution in [0.2, 0.25) is 10.0 Å². The summed E-state index contributed by atoms with van der Waals surface area (Å²) in [6.45, 7) is 0. The molecule has 0 bridgehead atoms. The second-order valence-corrected chi connectivity index (χ2v) is 9.41. The monoisotopic (exact) mass is 403 g/mol. The lowest BCUT2D eigenvalue weighted by atomic mass is 10.3. The number of benzene rings is 3. The van der Waals surface area contributed by atoms with Gasteiger partial charge in [-0.2, -0.15) is 0 Å². The number of anilines is 1. The Bertz CT molecular complexity index is 919. The summed E-state index contributed by atoms with van der Waals surface area (Å²) in [5.74, 6) is -0.384. The molecule has 132 valence electrons. The van der Waals surface area contributed by atoms with Crippen LogP contribution >= 0.6 is 30.3 Å². The highest BCUT2D eigenvalue weighted by molar-refractivity contribution is 7.79. The van der Waals surface area contributed by atoms with Gasteiger partial charge in [0.15, 0.2) is 7.14 Å². The molecule has 3 aromatic rings. The van der Waals surface area contributed by atoms with Crippen LogP contribution in [0, 0.1) is 0 Å². The molecule has 0 saturated heterocycles. The minimum atomic E-state index is -3.13. The number of carbonyl (C=O) groups excluding carboxylic acids is 1. The molecule has 3 rings (SSSR count). The van der Waals surface area contributed by atoms with Crippen LogP contribution < -0.4 is 15.9 Å². The van der Waals surface area contributed by atoms with E-state index in [9.17, 15) is 9.36 Å². The third-order valence-electron chi connectivity index (χ3n) is 3.92. The number of carbonyl (C=O) groups is 1. The van der Waals surface area contributed by atoms with Gasteiger partial charge in [0.2, 0.25) is 5.91 Å². The molecule has 0 aliphatic heterocycles. The normalized spacial score (nSPS) is 11.2. The smallest absolute Gasteiger partial charge is 0.232 e. The van der Waals surface area contributed by atoms with Crippen LogP contribution in [0.5, 0.6) is 0 Å². The van der Waals surface area contributed by atoms with E-state index in [-0.39, 0.29) is 12.1 Å². The largest absolute Gasteiger partial charge is 0.324 e. The van der Waals surface area contributed by atoms with E-state index in [0.717, 1.165) is 0 Å². The fourth-order valence-corrected chi connectivity index (χ4v) is 5.45. The van der Waals surface area contributed by atoms with E-state index in [4.69, 9.17) is 23.2 Å². The van der Waals surface area contributed by atoms with Gasteiger partial charge in [-0.25, -0.2) is 0 Å². The van der Waals surface area contributed by atoms with Gasteiger partial charge in [0.25, 0.3) is 0 Å². The molecule has 0 atom stereocenters. The van der Waals surface area contributed by atoms with Crippen molar-refractivity contribution in [2.75, 3.05) is 11.5 Å². The molecule has 3 nitrogen and oxygen atoms in total. The van der Waals surface area contributed by atoms with Gasteiger partial charge in [-0.3, -0.25) is 4.79 Å². The first-order valence-corrected chi connectivity index (χ1v) is 10.6. The highest BCUT2D eigenvalue weighted by Gasteiger charge is 2.30. The molecule has 0 fully saturated rings. The Kier molecular flexibility index (Phi) is 5.83. The van der Waals surface area contributed by atoms with Gasteiger partial charge >= 0.3 is 0 Å². The van der Waals surface area contributed by atoms with Gasteiger partial charge in [0.1, 0.15) is 0 Å². The summed E-state index contributed by atoms with van der Waals surface area (Å²) in [5.41, 5.74) is 0.400. The highest BCUT2D eigenvalue weighted by Crippen LogP contribution is 2.43. The molecule has 1 N–H and O–H groups in total. The van der Waals surface area contributed by atoms with Crippen molar-refractivity contribution < 1.29 is 9.36 Å². The molecule has 0 radical (unpaired) electrons. The van der Waals surface area contributed by atoms with Crippen molar-refractivity contribution in [1.29, 1.82) is 0 Å². The number of amides is 1. The summed E-state index contributed by atoms with van der Waals surface area (Å²) in [5, 5.41) is 4.82. The first kappa shape index (κ1) is 18.7. The van der Waals surface area contributed by atoms with Gasteiger partial charge in [-0.15, -0.1) is 0 Å². The number of halogens is 2. The molecule has 0 unspecified atom stereocenters. The van der Waals surface area contributed by atoms with Crippen LogP contribution in [0.25, 0.3) is 0 Å². The second kappa shape index (κ2) is 8.09. The standard InChI is InChI=1S/C20H16Cl2NO2P/c21-15-11-12-18(22)19(13-15)23-20(24)14-26(25,16-7-3-1-4-8-16)17-9-5-2-6-10-17/h1-13H,14H2,(H,23,24). The zero-order valence-corrected chi connectivity index (χ0v) is 16.1. The molecule has 0 aliphatic rings. The number of nitrogens with one attached hydrogen (secondary N) is 1. The van der Waals surface area contributed by atoms with Crippen LogP contribution in [-0.4, -0.2) is 12.1 Å². The predicted molar refractivity (Wildman–Crippen MR) is 110 cm³/mol. The van der Waals surface area contributed by atoms with Crippen molar-refractivity contribution in [3.63, 3.8) is 0 Å². The van der Waals surface area contributed by atoms with Gasteiger partial charge in [-0.1, -0.05) is 83.9 Å². The maximum atomic E-state index is 13.8. The lowest BCUT2D eigenvalue weighted by Gasteiger charge is -2.19. The molecule has 0 saturated carbocycles. The number of hydrogen-bond acceptors (Lipinski definition) is 2. The van der Waals surface area contributed by atoms with Crippen molar-refractivity contribution in [3.05, 3.63) is 88.9 Å². The highest BCUT2D eigenvalue weighted by atomic mass is 35.5. The quantitative estimate of drug-likeness (QED) is 0.612. The van der Waals surface area contributed by atoms with Crippen molar-refractivity contribution in [1.82, 2.24) is 0 Å². The number of rotatable bonds is 5. The molecule has 26 heavy (non-hydrogen) atoms. The van der Waals surface area contributed by atoms with Crippen LogP contribution in [0.3, 0.4) is 0 Å². The fraction of sp³-hybridized carbons (Fsp3) is 0.0500. The van der Waals surface area contributed by atoms with E-state index in [1.54, 1.807) is 42.5 Å². The summed E-state index contributed by atoms with van der Waals surface area (Å²) in [4.78, 5) is 12.7. The predicted octanol–water partition coefficient (Wildman–Crippen LogP) is 4.95. The summed E-state index contributed by atoms with van der Waals surface area (Å²) in [7, 11) is -3.13. The first-order valence-electron chi connectivity index (χ1n) is 7.94. The van der Waals surface area contributed by atoms with E-state index >= 15 is 0 Å². The van der Waals surface area contributed by atoms with Crippen LogP contribution in [0.1, 0.15) is 0 Å². The third kappa shape index (κ3) is 4.19. The zero-order chi connectivity index (χ0) is 18.6. The second-order valence-electron chi connectivity index (χ2n) is 5.74. The van der Waals surface area contributed by atoms with Crippen molar-refractivity contribution in [2.45, 2.75) is 0 Å². The van der Waals surface area contributed by atoms with Crippen molar-refractivity contribution in [3.8, 4) is 0 Å². The first-order chi connectivity index (χ1) is 12.5. The SMILES string of the molecule is O=C(CP(=O)(c1ccccc1)c1ccccc1)Nc1cc(Cl)ccc1Cl. The molecular formula is C20H16Cl2NO2P. The molecule has 0 heterocycles. The van der Waals surface area contributed by atoms with Crippen LogP contribution in [0.15, 0.2) is 78.9 Å². The Morgan fingerprint density at radius 2 is 1.38 bits per heavy atom. The van der Waals surface area contributed by atoms with Crippen LogP contribution in [-0.2, 0) is 9.36 Å². The Morgan fingerprint density at radius 3 is 1.92 bits per heavy atom. The number of hydrogen-bond donors (Lipinski definition) is 1. The average molecular weight is 404 g/mol. The van der Waals surface area contributed by atoms with Gasteiger partial charge in [0.05, 0.1) is 16.9 Å². The van der Waals surface area contributed by atoms with E-state index < -0.39 is 7.14 Å². The van der Waals surface area contributed by atoms with Gasteiger partial charge in [-0.05, 0) is 18.2 Å². The van der Waals surface area contributed by atoms with Crippen molar-refractivity contribution >= 4 is 52.5 Å². The lowest BCUT2D eigenvalue weighted by molar-refractivity contribution is -0.113. The maximum absolute atomic E-state index is 13.8. The fourth-order valence-electron chi connectivity index (χ4n) is 2.65. The lowest BCUT2D eigenvalue weighted by Crippen LogP contribution is -2.26. The van der Waals surface area contributed by atoms with Gasteiger partial charge in [0, 0.05) is 15.6 Å². The third-order valence-corrected chi connectivity index (χ3v) is 7.48. The van der Waals surface area contributed by atoms with Crippen molar-refractivity contribution in [2.24, 2.45) is 0 Å². The van der Waals surface area contributed by atoms with E-state index in [0.29, 0.717) is 26.3 Å². The van der Waals surface area contributed by atoms with Crippen LogP contribution in [0.4, 0.5) is 5.69 Å². The Hall–Kier alpha value is -2.06. The Morgan fingerprint density at radius 1 is 0.846 bits per heavy atom. The zero-order valence-electron chi connectivity index (χ0n) is 13.7. The molecule has 6 heteroatoms. The molecule has 3 aromatic carbocycles. The maximum Gasteiger partial charge on any atom is 0.232 e. The van der Waals surface area contributed by atoms with E-state index in [2.05, 4.69) is 5.32 Å². The Labute approximate surface area is 162 Å².